The van der Waals surface area contributed by atoms with E-state index in [0.29, 0.717) is 0 Å². The van der Waals surface area contributed by atoms with Crippen LogP contribution in [0.5, 0.6) is 0 Å². The van der Waals surface area contributed by atoms with Crippen LogP contribution in [0.3, 0.4) is 0 Å². The number of nitriles is 1. The molecule has 8 heteroatoms. The first-order valence-corrected chi connectivity index (χ1v) is 5.67. The Labute approximate surface area is 109 Å². The standard InChI is InChI=1S/C11H17NO7/c12-3-6(4-13)1-2-18-11-10(17)9(16)8(15)7(5-14)19-11/h1,7-11,13-17H,2,4-5H2/b6-1-/t7-,8-,9-,10+,11-/m1/s1. The highest BCUT2D eigenvalue weighted by Crippen LogP contribution is 2.21. The Morgan fingerprint density at radius 1 is 1.21 bits per heavy atom. The molecule has 0 radical (unpaired) electrons. The van der Waals surface area contributed by atoms with Crippen molar-refractivity contribution in [2.24, 2.45) is 0 Å². The lowest BCUT2D eigenvalue weighted by Crippen LogP contribution is -2.59. The van der Waals surface area contributed by atoms with Crippen LogP contribution in [0.1, 0.15) is 0 Å². The average Bonchev–Trinajstić information content (AvgIpc) is 2.43. The van der Waals surface area contributed by atoms with Crippen LogP contribution in [0.2, 0.25) is 0 Å². The van der Waals surface area contributed by atoms with Gasteiger partial charge in [0.2, 0.25) is 0 Å². The molecule has 0 bridgehead atoms. The number of rotatable bonds is 5. The van der Waals surface area contributed by atoms with Crippen LogP contribution < -0.4 is 0 Å². The largest absolute Gasteiger partial charge is 0.394 e. The summed E-state index contributed by atoms with van der Waals surface area (Å²) in [4.78, 5) is 0. The van der Waals surface area contributed by atoms with Gasteiger partial charge in [-0.15, -0.1) is 0 Å². The first kappa shape index (κ1) is 16.0. The predicted octanol–water partition coefficient (Wildman–Crippen LogP) is -2.75. The molecular weight excluding hydrogens is 258 g/mol. The zero-order valence-corrected chi connectivity index (χ0v) is 10.1. The fourth-order valence-electron chi connectivity index (χ4n) is 1.59. The van der Waals surface area contributed by atoms with Crippen molar-refractivity contribution in [2.45, 2.75) is 30.7 Å². The van der Waals surface area contributed by atoms with Gasteiger partial charge in [0, 0.05) is 0 Å². The van der Waals surface area contributed by atoms with Gasteiger partial charge in [-0.05, 0) is 6.08 Å². The Hall–Kier alpha value is -1.05. The van der Waals surface area contributed by atoms with Crippen molar-refractivity contribution < 1.29 is 35.0 Å². The second kappa shape index (κ2) is 7.52. The molecule has 19 heavy (non-hydrogen) atoms. The zero-order chi connectivity index (χ0) is 14.4. The van der Waals surface area contributed by atoms with Crippen LogP contribution in [0, 0.1) is 11.3 Å². The number of nitrogens with zero attached hydrogens (tertiary/aromatic N) is 1. The number of aliphatic hydroxyl groups excluding tert-OH is 5. The van der Waals surface area contributed by atoms with Crippen molar-refractivity contribution in [1.82, 2.24) is 0 Å². The molecule has 0 aromatic heterocycles. The van der Waals surface area contributed by atoms with E-state index in [1.807, 2.05) is 0 Å². The average molecular weight is 275 g/mol. The molecule has 1 rings (SSSR count). The van der Waals surface area contributed by atoms with Gasteiger partial charge in [-0.1, -0.05) is 0 Å². The third-order valence-electron chi connectivity index (χ3n) is 2.75. The van der Waals surface area contributed by atoms with Crippen LogP contribution in [-0.4, -0.2) is 76.1 Å². The normalized spacial score (nSPS) is 36.0. The lowest BCUT2D eigenvalue weighted by atomic mass is 9.99. The third kappa shape index (κ3) is 3.95. The van der Waals surface area contributed by atoms with Crippen molar-refractivity contribution >= 4 is 0 Å². The maximum absolute atomic E-state index is 9.62. The zero-order valence-electron chi connectivity index (χ0n) is 10.1. The van der Waals surface area contributed by atoms with Crippen LogP contribution in [0.15, 0.2) is 11.6 Å². The molecule has 1 saturated heterocycles. The van der Waals surface area contributed by atoms with E-state index in [0.717, 1.165) is 0 Å². The van der Waals surface area contributed by atoms with Gasteiger partial charge in [0.15, 0.2) is 6.29 Å². The summed E-state index contributed by atoms with van der Waals surface area (Å²) < 4.78 is 10.2. The summed E-state index contributed by atoms with van der Waals surface area (Å²) in [5.41, 5.74) is 0.0876. The third-order valence-corrected chi connectivity index (χ3v) is 2.75. The number of hydrogen-bond acceptors (Lipinski definition) is 8. The minimum atomic E-state index is -1.51. The van der Waals surface area contributed by atoms with E-state index in [9.17, 15) is 15.3 Å². The van der Waals surface area contributed by atoms with Gasteiger partial charge in [-0.2, -0.15) is 5.26 Å². The Morgan fingerprint density at radius 2 is 1.89 bits per heavy atom. The molecule has 1 aliphatic heterocycles. The number of ether oxygens (including phenoxy) is 2. The molecule has 1 heterocycles. The van der Waals surface area contributed by atoms with Gasteiger partial charge < -0.3 is 35.0 Å². The molecule has 0 aromatic carbocycles. The Bertz CT molecular complexity index is 351. The van der Waals surface area contributed by atoms with E-state index in [1.54, 1.807) is 6.07 Å². The Balaban J connectivity index is 2.58. The molecule has 5 atom stereocenters. The highest BCUT2D eigenvalue weighted by Gasteiger charge is 2.43. The number of aliphatic hydroxyl groups is 5. The summed E-state index contributed by atoms with van der Waals surface area (Å²) >= 11 is 0. The van der Waals surface area contributed by atoms with Crippen molar-refractivity contribution in [3.63, 3.8) is 0 Å². The van der Waals surface area contributed by atoms with Gasteiger partial charge in [0.05, 0.1) is 31.5 Å². The van der Waals surface area contributed by atoms with Gasteiger partial charge in [-0.25, -0.2) is 0 Å². The molecular formula is C11H17NO7. The SMILES string of the molecule is N#C/C(=C/CO[C@@H]1O[C@H](CO)[C@@H](O)[C@@H](O)[C@@H]1O)CO. The monoisotopic (exact) mass is 275 g/mol. The predicted molar refractivity (Wildman–Crippen MR) is 60.5 cm³/mol. The Kier molecular flexibility index (Phi) is 6.33. The highest BCUT2D eigenvalue weighted by molar-refractivity contribution is 5.20. The highest BCUT2D eigenvalue weighted by atomic mass is 16.7. The minimum Gasteiger partial charge on any atom is -0.394 e. The van der Waals surface area contributed by atoms with Crippen LogP contribution in [-0.2, 0) is 9.47 Å². The summed E-state index contributed by atoms with van der Waals surface area (Å²) in [7, 11) is 0. The summed E-state index contributed by atoms with van der Waals surface area (Å²) in [5, 5.41) is 54.9. The molecule has 8 nitrogen and oxygen atoms in total. The van der Waals surface area contributed by atoms with Gasteiger partial charge in [0.25, 0.3) is 0 Å². The van der Waals surface area contributed by atoms with Gasteiger partial charge in [-0.3, -0.25) is 0 Å². The van der Waals surface area contributed by atoms with Crippen molar-refractivity contribution in [3.05, 3.63) is 11.6 Å². The molecule has 0 aliphatic carbocycles. The van der Waals surface area contributed by atoms with Gasteiger partial charge >= 0.3 is 0 Å². The molecule has 5 N–H and O–H groups in total. The fraction of sp³-hybridized carbons (Fsp3) is 0.727. The topological polar surface area (TPSA) is 143 Å². The molecule has 0 amide bonds. The Morgan fingerprint density at radius 3 is 2.42 bits per heavy atom. The molecule has 0 spiro atoms. The van der Waals surface area contributed by atoms with E-state index in [4.69, 9.17) is 24.9 Å². The van der Waals surface area contributed by atoms with E-state index in [-0.39, 0.29) is 12.2 Å². The maximum Gasteiger partial charge on any atom is 0.187 e. The van der Waals surface area contributed by atoms with Crippen LogP contribution in [0.4, 0.5) is 0 Å². The number of hydrogen-bond donors (Lipinski definition) is 5. The molecule has 1 fully saturated rings. The van der Waals surface area contributed by atoms with Crippen molar-refractivity contribution in [1.29, 1.82) is 5.26 Å². The smallest absolute Gasteiger partial charge is 0.187 e. The second-order valence-corrected chi connectivity index (χ2v) is 4.03. The van der Waals surface area contributed by atoms with E-state index >= 15 is 0 Å². The minimum absolute atomic E-state index is 0.0876. The maximum atomic E-state index is 9.62. The molecule has 0 aromatic rings. The lowest BCUT2D eigenvalue weighted by molar-refractivity contribution is -0.298. The molecule has 108 valence electrons. The van der Waals surface area contributed by atoms with Crippen molar-refractivity contribution in [2.75, 3.05) is 19.8 Å². The van der Waals surface area contributed by atoms with E-state index in [1.165, 1.54) is 6.08 Å². The fourth-order valence-corrected chi connectivity index (χ4v) is 1.59. The van der Waals surface area contributed by atoms with Crippen LogP contribution in [0.25, 0.3) is 0 Å². The molecule has 1 aliphatic rings. The van der Waals surface area contributed by atoms with Crippen LogP contribution >= 0.6 is 0 Å². The van der Waals surface area contributed by atoms with E-state index in [2.05, 4.69) is 0 Å². The van der Waals surface area contributed by atoms with E-state index < -0.39 is 43.9 Å². The van der Waals surface area contributed by atoms with Gasteiger partial charge in [0.1, 0.15) is 24.4 Å². The summed E-state index contributed by atoms with van der Waals surface area (Å²) in [5.74, 6) is 0. The summed E-state index contributed by atoms with van der Waals surface area (Å²) in [6.07, 6.45) is -5.42. The van der Waals surface area contributed by atoms with Crippen molar-refractivity contribution in [3.8, 4) is 6.07 Å². The quantitative estimate of drug-likeness (QED) is 0.340. The lowest BCUT2D eigenvalue weighted by Gasteiger charge is -2.39. The summed E-state index contributed by atoms with van der Waals surface area (Å²) in [6, 6.07) is 1.73. The molecule has 0 saturated carbocycles. The first-order valence-electron chi connectivity index (χ1n) is 5.67. The summed E-state index contributed by atoms with van der Waals surface area (Å²) in [6.45, 7) is -1.11. The second-order valence-electron chi connectivity index (χ2n) is 4.03. The first-order chi connectivity index (χ1) is 9.04. The molecule has 0 unspecified atom stereocenters.